The van der Waals surface area contributed by atoms with Gasteiger partial charge in [0.2, 0.25) is 5.91 Å². The molecule has 1 fully saturated rings. The summed E-state index contributed by atoms with van der Waals surface area (Å²) in [4.78, 5) is 12.0. The van der Waals surface area contributed by atoms with E-state index < -0.39 is 0 Å². The Kier molecular flexibility index (Phi) is 5.73. The Labute approximate surface area is 120 Å². The standard InChI is InChI=1S/C15H21NO2S/c17-15(16-11-13-6-8-18-9-7-13)14(19)10-12-4-2-1-3-5-12/h1-5,13-14,19H,6-11H2,(H,16,17). The van der Waals surface area contributed by atoms with Crippen molar-refractivity contribution in [2.24, 2.45) is 5.92 Å². The molecule has 0 aromatic heterocycles. The highest BCUT2D eigenvalue weighted by molar-refractivity contribution is 7.81. The van der Waals surface area contributed by atoms with Gasteiger partial charge in [0.05, 0.1) is 5.25 Å². The van der Waals surface area contributed by atoms with Gasteiger partial charge in [-0.15, -0.1) is 0 Å². The molecule has 3 nitrogen and oxygen atoms in total. The molecule has 0 bridgehead atoms. The van der Waals surface area contributed by atoms with Crippen molar-refractivity contribution in [1.29, 1.82) is 0 Å². The molecule has 1 aliphatic rings. The van der Waals surface area contributed by atoms with Gasteiger partial charge >= 0.3 is 0 Å². The van der Waals surface area contributed by atoms with Gasteiger partial charge in [0.25, 0.3) is 0 Å². The normalized spacial score (nSPS) is 17.9. The number of nitrogens with one attached hydrogen (secondary N) is 1. The summed E-state index contributed by atoms with van der Waals surface area (Å²) in [7, 11) is 0. The number of amides is 1. The van der Waals surface area contributed by atoms with Crippen molar-refractivity contribution in [2.45, 2.75) is 24.5 Å². The SMILES string of the molecule is O=C(NCC1CCOCC1)C(S)Cc1ccccc1. The van der Waals surface area contributed by atoms with Crippen LogP contribution in [0.2, 0.25) is 0 Å². The summed E-state index contributed by atoms with van der Waals surface area (Å²) in [5, 5.41) is 2.73. The Balaban J connectivity index is 1.73. The summed E-state index contributed by atoms with van der Waals surface area (Å²) in [5.41, 5.74) is 1.14. The number of carbonyl (C=O) groups is 1. The van der Waals surface area contributed by atoms with E-state index in [-0.39, 0.29) is 11.2 Å². The molecule has 1 unspecified atom stereocenters. The second-order valence-electron chi connectivity index (χ2n) is 5.01. The van der Waals surface area contributed by atoms with E-state index in [1.807, 2.05) is 30.3 Å². The highest BCUT2D eigenvalue weighted by Crippen LogP contribution is 2.14. The van der Waals surface area contributed by atoms with E-state index in [1.165, 1.54) is 0 Å². The second kappa shape index (κ2) is 7.56. The lowest BCUT2D eigenvalue weighted by atomic mass is 10.0. The zero-order chi connectivity index (χ0) is 13.5. The fourth-order valence-electron chi connectivity index (χ4n) is 2.24. The number of hydrogen-bond donors (Lipinski definition) is 2. The van der Waals surface area contributed by atoms with Gasteiger partial charge < -0.3 is 10.1 Å². The van der Waals surface area contributed by atoms with Crippen LogP contribution in [0, 0.1) is 5.92 Å². The summed E-state index contributed by atoms with van der Waals surface area (Å²) in [6, 6.07) is 9.98. The Hall–Kier alpha value is -1.00. The Morgan fingerprint density at radius 3 is 2.68 bits per heavy atom. The number of thiol groups is 1. The maximum atomic E-state index is 12.0. The van der Waals surface area contributed by atoms with Crippen LogP contribution in [0.1, 0.15) is 18.4 Å². The van der Waals surface area contributed by atoms with Crippen molar-refractivity contribution < 1.29 is 9.53 Å². The van der Waals surface area contributed by atoms with E-state index >= 15 is 0 Å². The van der Waals surface area contributed by atoms with Crippen molar-refractivity contribution in [3.8, 4) is 0 Å². The number of benzene rings is 1. The molecule has 1 aromatic rings. The van der Waals surface area contributed by atoms with Gasteiger partial charge in [-0.3, -0.25) is 4.79 Å². The molecular formula is C15H21NO2S. The van der Waals surface area contributed by atoms with Gasteiger partial charge in [-0.2, -0.15) is 12.6 Å². The summed E-state index contributed by atoms with van der Waals surface area (Å²) < 4.78 is 5.31. The van der Waals surface area contributed by atoms with Gasteiger partial charge in [-0.05, 0) is 30.7 Å². The summed E-state index contributed by atoms with van der Waals surface area (Å²) in [5.74, 6) is 0.577. The minimum absolute atomic E-state index is 0.0266. The van der Waals surface area contributed by atoms with Crippen LogP contribution in [0.4, 0.5) is 0 Å². The average molecular weight is 279 g/mol. The molecule has 104 valence electrons. The number of rotatable bonds is 5. The molecular weight excluding hydrogens is 258 g/mol. The fraction of sp³-hybridized carbons (Fsp3) is 0.533. The lowest BCUT2D eigenvalue weighted by Gasteiger charge is -2.22. The third-order valence-electron chi connectivity index (χ3n) is 3.48. The van der Waals surface area contributed by atoms with Crippen molar-refractivity contribution in [3.05, 3.63) is 35.9 Å². The third kappa shape index (κ3) is 4.88. The molecule has 1 N–H and O–H groups in total. The molecule has 4 heteroatoms. The molecule has 0 aliphatic carbocycles. The predicted molar refractivity (Wildman–Crippen MR) is 79.5 cm³/mol. The Morgan fingerprint density at radius 1 is 1.32 bits per heavy atom. The second-order valence-corrected chi connectivity index (χ2v) is 5.63. The lowest BCUT2D eigenvalue weighted by Crippen LogP contribution is -2.37. The van der Waals surface area contributed by atoms with Crippen LogP contribution in [0.3, 0.4) is 0 Å². The topological polar surface area (TPSA) is 38.3 Å². The first-order valence-electron chi connectivity index (χ1n) is 6.83. The third-order valence-corrected chi connectivity index (χ3v) is 3.90. The van der Waals surface area contributed by atoms with E-state index in [0.29, 0.717) is 12.3 Å². The molecule has 1 atom stereocenters. The van der Waals surface area contributed by atoms with Crippen LogP contribution >= 0.6 is 12.6 Å². The van der Waals surface area contributed by atoms with Crippen molar-refractivity contribution in [3.63, 3.8) is 0 Å². The van der Waals surface area contributed by atoms with E-state index in [1.54, 1.807) is 0 Å². The van der Waals surface area contributed by atoms with E-state index in [2.05, 4.69) is 17.9 Å². The molecule has 0 saturated carbocycles. The van der Waals surface area contributed by atoms with E-state index in [4.69, 9.17) is 4.74 Å². The zero-order valence-electron chi connectivity index (χ0n) is 11.0. The Bertz CT molecular complexity index is 390. The lowest BCUT2D eigenvalue weighted by molar-refractivity contribution is -0.120. The molecule has 1 amide bonds. The quantitative estimate of drug-likeness (QED) is 0.810. The van der Waals surface area contributed by atoms with Crippen LogP contribution in [0.5, 0.6) is 0 Å². The van der Waals surface area contributed by atoms with Gasteiger partial charge in [0.15, 0.2) is 0 Å². The van der Waals surface area contributed by atoms with Gasteiger partial charge in [-0.1, -0.05) is 30.3 Å². The zero-order valence-corrected chi connectivity index (χ0v) is 11.9. The van der Waals surface area contributed by atoms with Crippen LogP contribution in [-0.2, 0) is 16.0 Å². The molecule has 1 aromatic carbocycles. The monoisotopic (exact) mass is 279 g/mol. The maximum Gasteiger partial charge on any atom is 0.233 e. The van der Waals surface area contributed by atoms with Gasteiger partial charge in [0, 0.05) is 19.8 Å². The molecule has 0 spiro atoms. The maximum absolute atomic E-state index is 12.0. The predicted octanol–water partition coefficient (Wildman–Crippen LogP) is 2.07. The van der Waals surface area contributed by atoms with Crippen molar-refractivity contribution in [2.75, 3.05) is 19.8 Å². The summed E-state index contributed by atoms with van der Waals surface area (Å²) in [6.45, 7) is 2.37. The van der Waals surface area contributed by atoms with E-state index in [9.17, 15) is 4.79 Å². The summed E-state index contributed by atoms with van der Waals surface area (Å²) in [6.07, 6.45) is 2.75. The minimum Gasteiger partial charge on any atom is -0.381 e. The molecule has 1 aliphatic heterocycles. The fourth-order valence-corrected chi connectivity index (χ4v) is 2.55. The summed E-state index contributed by atoms with van der Waals surface area (Å²) >= 11 is 4.40. The van der Waals surface area contributed by atoms with Crippen LogP contribution in [0.25, 0.3) is 0 Å². The molecule has 1 heterocycles. The smallest absolute Gasteiger partial charge is 0.233 e. The number of hydrogen-bond acceptors (Lipinski definition) is 3. The first kappa shape index (κ1) is 14.4. The Morgan fingerprint density at radius 2 is 2.00 bits per heavy atom. The van der Waals surface area contributed by atoms with Gasteiger partial charge in [0.1, 0.15) is 0 Å². The molecule has 1 saturated heterocycles. The van der Waals surface area contributed by atoms with E-state index in [0.717, 1.165) is 38.2 Å². The molecule has 0 radical (unpaired) electrons. The largest absolute Gasteiger partial charge is 0.381 e. The first-order valence-corrected chi connectivity index (χ1v) is 7.35. The van der Waals surface area contributed by atoms with Crippen LogP contribution < -0.4 is 5.32 Å². The highest BCUT2D eigenvalue weighted by Gasteiger charge is 2.18. The number of carbonyl (C=O) groups excluding carboxylic acids is 1. The van der Waals surface area contributed by atoms with Crippen LogP contribution in [-0.4, -0.2) is 30.9 Å². The van der Waals surface area contributed by atoms with Crippen LogP contribution in [0.15, 0.2) is 30.3 Å². The molecule has 19 heavy (non-hydrogen) atoms. The highest BCUT2D eigenvalue weighted by atomic mass is 32.1. The first-order chi connectivity index (χ1) is 9.25. The number of ether oxygens (including phenoxy) is 1. The van der Waals surface area contributed by atoms with Gasteiger partial charge in [-0.25, -0.2) is 0 Å². The molecule has 2 rings (SSSR count). The van der Waals surface area contributed by atoms with Crippen molar-refractivity contribution in [1.82, 2.24) is 5.32 Å². The minimum atomic E-state index is -0.276. The average Bonchev–Trinajstić information content (AvgIpc) is 2.47. The van der Waals surface area contributed by atoms with Crippen molar-refractivity contribution >= 4 is 18.5 Å².